The fourth-order valence-corrected chi connectivity index (χ4v) is 7.78. The maximum atomic E-state index is 13.7. The number of ketones is 3. The van der Waals surface area contributed by atoms with E-state index in [1.54, 1.807) is 17.0 Å². The number of carbonyl (C=O) groups is 4. The highest BCUT2D eigenvalue weighted by Gasteiger charge is 2.41. The summed E-state index contributed by atoms with van der Waals surface area (Å²) in [6.07, 6.45) is 1.10. The highest BCUT2D eigenvalue weighted by atomic mass is 16.6. The minimum absolute atomic E-state index is 0.0177. The van der Waals surface area contributed by atoms with Gasteiger partial charge in [-0.2, -0.15) is 0 Å². The summed E-state index contributed by atoms with van der Waals surface area (Å²) in [4.78, 5) is 57.9. The third kappa shape index (κ3) is 6.32. The fourth-order valence-electron chi connectivity index (χ4n) is 7.78. The van der Waals surface area contributed by atoms with E-state index in [-0.39, 0.29) is 64.7 Å². The highest BCUT2D eigenvalue weighted by molar-refractivity contribution is 6.31. The molecule has 0 bridgehead atoms. The first-order valence-corrected chi connectivity index (χ1v) is 17.7. The lowest BCUT2D eigenvalue weighted by atomic mass is 9.74. The first kappa shape index (κ1) is 34.9. The number of rotatable bonds is 7. The van der Waals surface area contributed by atoms with Crippen LogP contribution >= 0.6 is 0 Å². The molecule has 1 heterocycles. The Morgan fingerprint density at radius 1 is 0.788 bits per heavy atom. The SMILES string of the molecule is COc1cccc2c1C(=O)c1c(O)c3c(c(O)c1C2=O)CC(C(=O)CN1CCCN(C(=O)OC(C)(C)c2ccc(-c4ccccc4)cc2)CC1)CC3. The Bertz CT molecular complexity index is 2070. The molecule has 7 rings (SSSR count). The van der Waals surface area contributed by atoms with Gasteiger partial charge >= 0.3 is 6.09 Å². The maximum absolute atomic E-state index is 13.7. The normalized spacial score (nSPS) is 17.4. The molecule has 0 saturated carbocycles. The molecule has 1 saturated heterocycles. The summed E-state index contributed by atoms with van der Waals surface area (Å²) in [6, 6.07) is 22.8. The zero-order valence-corrected chi connectivity index (χ0v) is 29.6. The number of ether oxygens (including phenoxy) is 2. The van der Waals surface area contributed by atoms with Crippen LogP contribution < -0.4 is 4.74 Å². The van der Waals surface area contributed by atoms with Gasteiger partial charge in [-0.05, 0) is 62.3 Å². The van der Waals surface area contributed by atoms with Crippen molar-refractivity contribution in [3.05, 3.63) is 112 Å². The van der Waals surface area contributed by atoms with E-state index in [2.05, 4.69) is 12.1 Å². The zero-order chi connectivity index (χ0) is 36.7. The molecule has 1 unspecified atom stereocenters. The lowest BCUT2D eigenvalue weighted by Crippen LogP contribution is -2.40. The minimum atomic E-state index is -0.848. The summed E-state index contributed by atoms with van der Waals surface area (Å²) in [5.41, 5.74) is 2.65. The molecule has 4 aromatic carbocycles. The molecule has 52 heavy (non-hydrogen) atoms. The molecule has 1 atom stereocenters. The quantitative estimate of drug-likeness (QED) is 0.188. The molecule has 10 heteroatoms. The molecular weight excluding hydrogens is 660 g/mol. The Kier molecular flexibility index (Phi) is 9.35. The van der Waals surface area contributed by atoms with Crippen molar-refractivity contribution in [3.8, 4) is 28.4 Å². The molecule has 0 spiro atoms. The molecule has 10 nitrogen and oxygen atoms in total. The van der Waals surface area contributed by atoms with Crippen molar-refractivity contribution in [2.45, 2.75) is 45.1 Å². The molecule has 1 aliphatic heterocycles. The molecule has 4 aromatic rings. The number of hydrogen-bond acceptors (Lipinski definition) is 9. The molecule has 2 aliphatic carbocycles. The van der Waals surface area contributed by atoms with Gasteiger partial charge in [-0.3, -0.25) is 19.3 Å². The van der Waals surface area contributed by atoms with E-state index in [1.807, 2.05) is 61.2 Å². The molecule has 268 valence electrons. The van der Waals surface area contributed by atoms with Gasteiger partial charge in [0, 0.05) is 48.8 Å². The summed E-state index contributed by atoms with van der Waals surface area (Å²) in [6.45, 7) is 5.96. The Morgan fingerprint density at radius 2 is 1.48 bits per heavy atom. The lowest BCUT2D eigenvalue weighted by Gasteiger charge is -2.31. The first-order chi connectivity index (χ1) is 25.0. The van der Waals surface area contributed by atoms with E-state index in [1.165, 1.54) is 13.2 Å². The third-order valence-corrected chi connectivity index (χ3v) is 10.7. The second kappa shape index (κ2) is 13.9. The average molecular weight is 703 g/mol. The Balaban J connectivity index is 0.985. The van der Waals surface area contributed by atoms with Crippen LogP contribution in [0.4, 0.5) is 4.79 Å². The van der Waals surface area contributed by atoms with Crippen molar-refractivity contribution in [3.63, 3.8) is 0 Å². The van der Waals surface area contributed by atoms with Crippen LogP contribution in [0.5, 0.6) is 17.2 Å². The lowest BCUT2D eigenvalue weighted by molar-refractivity contribution is -0.124. The van der Waals surface area contributed by atoms with Gasteiger partial charge in [0.15, 0.2) is 5.78 Å². The van der Waals surface area contributed by atoms with Crippen LogP contribution in [0.1, 0.15) is 75.2 Å². The predicted octanol–water partition coefficient (Wildman–Crippen LogP) is 6.30. The molecule has 0 aromatic heterocycles. The number of benzene rings is 4. The first-order valence-electron chi connectivity index (χ1n) is 17.7. The fraction of sp³-hybridized carbons (Fsp3) is 0.333. The number of methoxy groups -OCH3 is 1. The second-order valence-electron chi connectivity index (χ2n) is 14.3. The largest absolute Gasteiger partial charge is 0.507 e. The van der Waals surface area contributed by atoms with Crippen LogP contribution in [0.3, 0.4) is 0 Å². The van der Waals surface area contributed by atoms with Gasteiger partial charge in [0.1, 0.15) is 28.6 Å². The van der Waals surface area contributed by atoms with Gasteiger partial charge in [-0.1, -0.05) is 66.7 Å². The van der Waals surface area contributed by atoms with Gasteiger partial charge in [0.25, 0.3) is 0 Å². The van der Waals surface area contributed by atoms with Gasteiger partial charge in [-0.25, -0.2) is 4.79 Å². The highest BCUT2D eigenvalue weighted by Crippen LogP contribution is 2.47. The summed E-state index contributed by atoms with van der Waals surface area (Å²) in [7, 11) is 1.40. The smallest absolute Gasteiger partial charge is 0.410 e. The standard InChI is InChI=1S/C42H42N2O8/c1-42(2,28-16-13-26(14-17-28)25-9-5-4-6-10-25)52-41(50)44-20-8-19-43(21-22-44)24-32(45)27-15-18-29-31(23-27)39(48)35-36(37(29)46)40(49)34-30(38(35)47)11-7-12-33(34)51-3/h4-7,9-14,16-17,27,46,48H,8,15,18-24H2,1-3H3. The number of nitrogens with zero attached hydrogens (tertiary/aromatic N) is 2. The molecular formula is C42H42N2O8. The number of Topliss-reactive ketones (excluding diaryl/α,β-unsaturated/α-hetero) is 1. The summed E-state index contributed by atoms with van der Waals surface area (Å²) >= 11 is 0. The Labute approximate surface area is 302 Å². The van der Waals surface area contributed by atoms with Gasteiger partial charge in [-0.15, -0.1) is 0 Å². The number of fused-ring (bicyclic) bond motifs is 3. The van der Waals surface area contributed by atoms with Crippen LogP contribution in [0, 0.1) is 5.92 Å². The zero-order valence-electron chi connectivity index (χ0n) is 29.6. The monoisotopic (exact) mass is 702 g/mol. The van der Waals surface area contributed by atoms with Crippen molar-refractivity contribution < 1.29 is 38.9 Å². The van der Waals surface area contributed by atoms with E-state index < -0.39 is 29.2 Å². The molecule has 3 aliphatic rings. The van der Waals surface area contributed by atoms with Crippen LogP contribution in [0.2, 0.25) is 0 Å². The number of aromatic hydroxyl groups is 2. The summed E-state index contributed by atoms with van der Waals surface area (Å²) in [5.74, 6) is -2.10. The molecule has 0 radical (unpaired) electrons. The van der Waals surface area contributed by atoms with Gasteiger partial charge in [0.05, 0.1) is 30.3 Å². The number of carbonyl (C=O) groups excluding carboxylic acids is 4. The van der Waals surface area contributed by atoms with E-state index in [0.29, 0.717) is 50.1 Å². The summed E-state index contributed by atoms with van der Waals surface area (Å²) in [5, 5.41) is 22.7. The van der Waals surface area contributed by atoms with Crippen molar-refractivity contribution in [2.75, 3.05) is 39.8 Å². The second-order valence-corrected chi connectivity index (χ2v) is 14.3. The molecule has 2 N–H and O–H groups in total. The summed E-state index contributed by atoms with van der Waals surface area (Å²) < 4.78 is 11.3. The number of amides is 1. The van der Waals surface area contributed by atoms with Crippen LogP contribution in [0.15, 0.2) is 72.8 Å². The van der Waals surface area contributed by atoms with Crippen LogP contribution in [-0.2, 0) is 28.0 Å². The van der Waals surface area contributed by atoms with Crippen molar-refractivity contribution >= 4 is 23.4 Å². The number of phenolic OH excluding ortho intramolecular Hbond substituents is 2. The predicted molar refractivity (Wildman–Crippen MR) is 194 cm³/mol. The minimum Gasteiger partial charge on any atom is -0.507 e. The topological polar surface area (TPSA) is 134 Å². The van der Waals surface area contributed by atoms with Crippen LogP contribution in [-0.4, -0.2) is 83.3 Å². The van der Waals surface area contributed by atoms with Crippen molar-refractivity contribution in [2.24, 2.45) is 5.92 Å². The Hall–Kier alpha value is -5.48. The third-order valence-electron chi connectivity index (χ3n) is 10.7. The van der Waals surface area contributed by atoms with Gasteiger partial charge < -0.3 is 24.6 Å². The average Bonchev–Trinajstić information content (AvgIpc) is 3.40. The van der Waals surface area contributed by atoms with E-state index in [9.17, 15) is 29.4 Å². The van der Waals surface area contributed by atoms with E-state index >= 15 is 0 Å². The molecule has 1 fully saturated rings. The van der Waals surface area contributed by atoms with Crippen LogP contribution in [0.25, 0.3) is 11.1 Å². The number of phenols is 2. The number of hydrogen-bond donors (Lipinski definition) is 2. The van der Waals surface area contributed by atoms with E-state index in [0.717, 1.165) is 16.7 Å². The van der Waals surface area contributed by atoms with E-state index in [4.69, 9.17) is 9.47 Å². The van der Waals surface area contributed by atoms with Crippen molar-refractivity contribution in [1.82, 2.24) is 9.80 Å². The molecule has 1 amide bonds. The Morgan fingerprint density at radius 3 is 2.21 bits per heavy atom. The van der Waals surface area contributed by atoms with Gasteiger partial charge in [0.2, 0.25) is 5.78 Å². The van der Waals surface area contributed by atoms with Crippen molar-refractivity contribution in [1.29, 1.82) is 0 Å². The maximum Gasteiger partial charge on any atom is 0.410 e.